The summed E-state index contributed by atoms with van der Waals surface area (Å²) in [5, 5.41) is 13.1. The lowest BCUT2D eigenvalue weighted by Gasteiger charge is -2.36. The number of nitrogens with zero attached hydrogens (tertiary/aromatic N) is 2. The largest absolute Gasteiger partial charge is 0.491 e. The number of hydrogen-bond donors (Lipinski definition) is 2. The number of carbonyl (C=O) groups is 1. The quantitative estimate of drug-likeness (QED) is 0.795. The maximum Gasteiger partial charge on any atom is 0.228 e. The summed E-state index contributed by atoms with van der Waals surface area (Å²) in [6.45, 7) is 3.67. The van der Waals surface area contributed by atoms with Crippen molar-refractivity contribution >= 4 is 17.3 Å². The van der Waals surface area contributed by atoms with Crippen LogP contribution in [0.15, 0.2) is 42.5 Å². The molecule has 2 aromatic carbocycles. The van der Waals surface area contributed by atoms with E-state index in [-0.39, 0.29) is 18.3 Å². The van der Waals surface area contributed by atoms with Crippen LogP contribution in [0.1, 0.15) is 5.56 Å². The number of hydrogen-bond acceptors (Lipinski definition) is 5. The second-order valence-corrected chi connectivity index (χ2v) is 7.25. The Balaban J connectivity index is 1.23. The van der Waals surface area contributed by atoms with Crippen LogP contribution >= 0.6 is 0 Å². The molecule has 2 aromatic rings. The van der Waals surface area contributed by atoms with Crippen molar-refractivity contribution in [2.24, 2.45) is 0 Å². The van der Waals surface area contributed by atoms with Gasteiger partial charge in [0.05, 0.1) is 12.1 Å². The van der Waals surface area contributed by atoms with Crippen LogP contribution in [-0.4, -0.2) is 61.3 Å². The monoisotopic (exact) mass is 385 g/mol. The van der Waals surface area contributed by atoms with Gasteiger partial charge in [0.2, 0.25) is 5.91 Å². The van der Waals surface area contributed by atoms with Crippen LogP contribution in [0.25, 0.3) is 0 Å². The molecule has 2 N–H and O–H groups in total. The Morgan fingerprint density at radius 2 is 1.93 bits per heavy atom. The smallest absolute Gasteiger partial charge is 0.228 e. The number of amides is 1. The molecule has 0 aromatic heterocycles. The zero-order chi connectivity index (χ0) is 19.5. The van der Waals surface area contributed by atoms with Crippen LogP contribution in [0.2, 0.25) is 0 Å². The Hall–Kier alpha value is -2.64. The summed E-state index contributed by atoms with van der Waals surface area (Å²) in [4.78, 5) is 15.6. The summed E-state index contributed by atoms with van der Waals surface area (Å²) in [6.07, 6.45) is -0.255. The fourth-order valence-electron chi connectivity index (χ4n) is 3.72. The standard InChI is InChI=1S/C21H24FN3O3/c22-18-3-1-2-4-20(18)25-9-7-24(8-10-25)13-16(26)14-28-17-5-6-19-15(11-17)12-21(27)23-19/h1-6,11,16,26H,7-10,12-14H2,(H,23,27)/t16-/m0/s1. The summed E-state index contributed by atoms with van der Waals surface area (Å²) in [6, 6.07) is 12.3. The third-order valence-electron chi connectivity index (χ3n) is 5.18. The van der Waals surface area contributed by atoms with E-state index in [1.165, 1.54) is 6.07 Å². The molecule has 0 saturated carbocycles. The third kappa shape index (κ3) is 4.26. The molecule has 148 valence electrons. The molecule has 1 saturated heterocycles. The number of fused-ring (bicyclic) bond motifs is 1. The highest BCUT2D eigenvalue weighted by Gasteiger charge is 2.22. The van der Waals surface area contributed by atoms with Gasteiger partial charge in [-0.15, -0.1) is 0 Å². The Bertz CT molecular complexity index is 853. The maximum atomic E-state index is 13.9. The van der Waals surface area contributed by atoms with Gasteiger partial charge in [0.25, 0.3) is 0 Å². The van der Waals surface area contributed by atoms with Crippen molar-refractivity contribution in [1.82, 2.24) is 4.90 Å². The Kier molecular flexibility index (Phi) is 5.45. The number of rotatable bonds is 6. The molecule has 0 aliphatic carbocycles. The molecular formula is C21H24FN3O3. The minimum absolute atomic E-state index is 0.0123. The van der Waals surface area contributed by atoms with Gasteiger partial charge in [-0.3, -0.25) is 9.69 Å². The molecule has 2 aliphatic rings. The fourth-order valence-corrected chi connectivity index (χ4v) is 3.72. The number of aliphatic hydroxyl groups excluding tert-OH is 1. The van der Waals surface area contributed by atoms with Gasteiger partial charge in [0, 0.05) is 38.4 Å². The van der Waals surface area contributed by atoms with Crippen LogP contribution in [0.3, 0.4) is 0 Å². The first kappa shape index (κ1) is 18.7. The molecule has 1 fully saturated rings. The molecule has 28 heavy (non-hydrogen) atoms. The molecule has 0 unspecified atom stereocenters. The summed E-state index contributed by atoms with van der Waals surface area (Å²) in [5.74, 6) is 0.441. The van der Waals surface area contributed by atoms with Gasteiger partial charge in [0.15, 0.2) is 0 Å². The molecule has 0 radical (unpaired) electrons. The predicted molar refractivity (Wildman–Crippen MR) is 105 cm³/mol. The molecule has 0 bridgehead atoms. The van der Waals surface area contributed by atoms with Gasteiger partial charge >= 0.3 is 0 Å². The third-order valence-corrected chi connectivity index (χ3v) is 5.18. The first-order valence-electron chi connectivity index (χ1n) is 9.54. The van der Waals surface area contributed by atoms with E-state index in [4.69, 9.17) is 4.74 Å². The number of para-hydroxylation sites is 1. The molecule has 0 spiro atoms. The highest BCUT2D eigenvalue weighted by molar-refractivity contribution is 5.99. The fraction of sp³-hybridized carbons (Fsp3) is 0.381. The number of piperazine rings is 1. The maximum absolute atomic E-state index is 13.9. The van der Waals surface area contributed by atoms with E-state index in [0.717, 1.165) is 37.4 Å². The lowest BCUT2D eigenvalue weighted by Crippen LogP contribution is -2.49. The summed E-state index contributed by atoms with van der Waals surface area (Å²) >= 11 is 0. The average molecular weight is 385 g/mol. The second kappa shape index (κ2) is 8.16. The van der Waals surface area contributed by atoms with Crippen LogP contribution in [-0.2, 0) is 11.2 Å². The Morgan fingerprint density at radius 3 is 2.71 bits per heavy atom. The number of β-amino-alcohol motifs (C(OH)–C–C–N with tert-alkyl or cyclic N) is 1. The molecule has 1 atom stereocenters. The number of aliphatic hydroxyl groups is 1. The summed E-state index contributed by atoms with van der Waals surface area (Å²) < 4.78 is 19.6. The van der Waals surface area contributed by atoms with Crippen LogP contribution < -0.4 is 15.0 Å². The number of benzene rings is 2. The van der Waals surface area contributed by atoms with Crippen LogP contribution in [0.5, 0.6) is 5.75 Å². The van der Waals surface area contributed by atoms with Crippen molar-refractivity contribution in [2.45, 2.75) is 12.5 Å². The zero-order valence-electron chi connectivity index (χ0n) is 15.6. The first-order valence-corrected chi connectivity index (χ1v) is 9.54. The van der Waals surface area contributed by atoms with E-state index in [1.807, 2.05) is 23.1 Å². The van der Waals surface area contributed by atoms with Crippen molar-refractivity contribution < 1.29 is 19.0 Å². The normalized spacial score (nSPS) is 17.9. The van der Waals surface area contributed by atoms with E-state index in [9.17, 15) is 14.3 Å². The zero-order valence-corrected chi connectivity index (χ0v) is 15.6. The van der Waals surface area contributed by atoms with Gasteiger partial charge in [-0.1, -0.05) is 12.1 Å². The Labute approximate surface area is 163 Å². The van der Waals surface area contributed by atoms with Crippen LogP contribution in [0.4, 0.5) is 15.8 Å². The lowest BCUT2D eigenvalue weighted by atomic mass is 10.1. The number of ether oxygens (including phenoxy) is 1. The van der Waals surface area contributed by atoms with E-state index in [0.29, 0.717) is 24.4 Å². The molecule has 6 nitrogen and oxygen atoms in total. The van der Waals surface area contributed by atoms with Gasteiger partial charge in [-0.25, -0.2) is 4.39 Å². The van der Waals surface area contributed by atoms with E-state index in [2.05, 4.69) is 10.2 Å². The minimum atomic E-state index is -0.618. The number of nitrogens with one attached hydrogen (secondary N) is 1. The Morgan fingerprint density at radius 1 is 1.14 bits per heavy atom. The molecule has 4 rings (SSSR count). The van der Waals surface area contributed by atoms with Crippen molar-refractivity contribution in [3.05, 3.63) is 53.8 Å². The highest BCUT2D eigenvalue weighted by atomic mass is 19.1. The van der Waals surface area contributed by atoms with E-state index >= 15 is 0 Å². The van der Waals surface area contributed by atoms with Crippen molar-refractivity contribution in [3.8, 4) is 5.75 Å². The first-order chi connectivity index (χ1) is 13.6. The van der Waals surface area contributed by atoms with Crippen LogP contribution in [0, 0.1) is 5.82 Å². The number of carbonyl (C=O) groups excluding carboxylic acids is 1. The molecule has 2 heterocycles. The molecule has 1 amide bonds. The molecular weight excluding hydrogens is 361 g/mol. The number of halogens is 1. The number of anilines is 2. The van der Waals surface area contributed by atoms with Gasteiger partial charge in [-0.05, 0) is 35.9 Å². The SMILES string of the molecule is O=C1Cc2cc(OC[C@@H](O)CN3CCN(c4ccccc4F)CC3)ccc2N1. The summed E-state index contributed by atoms with van der Waals surface area (Å²) in [7, 11) is 0. The van der Waals surface area contributed by atoms with Crippen molar-refractivity contribution in [2.75, 3.05) is 49.5 Å². The van der Waals surface area contributed by atoms with Gasteiger partial charge < -0.3 is 20.1 Å². The average Bonchev–Trinajstić information content (AvgIpc) is 3.07. The molecule has 7 heteroatoms. The lowest BCUT2D eigenvalue weighted by molar-refractivity contribution is -0.115. The predicted octanol–water partition coefficient (Wildman–Crippen LogP) is 1.88. The van der Waals surface area contributed by atoms with E-state index in [1.54, 1.807) is 18.2 Å². The second-order valence-electron chi connectivity index (χ2n) is 7.25. The highest BCUT2D eigenvalue weighted by Crippen LogP contribution is 2.27. The summed E-state index contributed by atoms with van der Waals surface area (Å²) in [5.41, 5.74) is 2.38. The van der Waals surface area contributed by atoms with Gasteiger partial charge in [-0.2, -0.15) is 0 Å². The van der Waals surface area contributed by atoms with E-state index < -0.39 is 6.10 Å². The minimum Gasteiger partial charge on any atom is -0.491 e. The molecule has 2 aliphatic heterocycles. The van der Waals surface area contributed by atoms with Crippen molar-refractivity contribution in [3.63, 3.8) is 0 Å². The van der Waals surface area contributed by atoms with Gasteiger partial charge in [0.1, 0.15) is 24.3 Å². The van der Waals surface area contributed by atoms with Crippen molar-refractivity contribution in [1.29, 1.82) is 0 Å². The topological polar surface area (TPSA) is 65.0 Å².